The molecule has 0 bridgehead atoms. The molecule has 1 aliphatic rings. The van der Waals surface area contributed by atoms with Crippen molar-refractivity contribution in [1.82, 2.24) is 9.97 Å². The molecule has 1 aromatic rings. The van der Waals surface area contributed by atoms with E-state index in [4.69, 9.17) is 18.0 Å². The lowest BCUT2D eigenvalue weighted by Crippen LogP contribution is -2.28. The summed E-state index contributed by atoms with van der Waals surface area (Å²) in [6.07, 6.45) is 5.40. The van der Waals surface area contributed by atoms with E-state index < -0.39 is 0 Å². The Balaban J connectivity index is 2.09. The molecule has 14 heavy (non-hydrogen) atoms. The Morgan fingerprint density at radius 3 is 2.93 bits per heavy atom. The van der Waals surface area contributed by atoms with E-state index in [0.29, 0.717) is 11.9 Å². The highest BCUT2D eigenvalue weighted by Gasteiger charge is 2.17. The van der Waals surface area contributed by atoms with Crippen LogP contribution >= 0.6 is 12.2 Å². The summed E-state index contributed by atoms with van der Waals surface area (Å²) < 4.78 is 0. The normalized spacial score (nSPS) is 16.0. The monoisotopic (exact) mass is 208 g/mol. The van der Waals surface area contributed by atoms with Crippen molar-refractivity contribution in [1.29, 1.82) is 0 Å². The van der Waals surface area contributed by atoms with Crippen LogP contribution in [0, 0.1) is 0 Å². The van der Waals surface area contributed by atoms with Gasteiger partial charge in [-0.15, -0.1) is 0 Å². The first-order valence-electron chi connectivity index (χ1n) is 4.65. The Kier molecular flexibility index (Phi) is 2.58. The van der Waals surface area contributed by atoms with Gasteiger partial charge in [0.05, 0.1) is 0 Å². The molecule has 5 heteroatoms. The Labute approximate surface area is 87.9 Å². The van der Waals surface area contributed by atoms with E-state index in [-0.39, 0.29) is 4.99 Å². The molecule has 0 atom stereocenters. The lowest BCUT2D eigenvalue weighted by Gasteiger charge is -2.26. The summed E-state index contributed by atoms with van der Waals surface area (Å²) in [5.74, 6) is 1.25. The number of rotatable bonds is 3. The number of hydrogen-bond donors (Lipinski definition) is 2. The number of aromatic nitrogens is 2. The second-order valence-electron chi connectivity index (χ2n) is 3.40. The third kappa shape index (κ3) is 1.98. The molecule has 0 aromatic carbocycles. The summed E-state index contributed by atoms with van der Waals surface area (Å²) in [7, 11) is 0. The van der Waals surface area contributed by atoms with Gasteiger partial charge in [0.1, 0.15) is 10.8 Å². The zero-order valence-corrected chi connectivity index (χ0v) is 8.55. The van der Waals surface area contributed by atoms with Crippen molar-refractivity contribution in [2.45, 2.75) is 25.3 Å². The first-order valence-corrected chi connectivity index (χ1v) is 5.06. The zero-order valence-electron chi connectivity index (χ0n) is 7.73. The molecule has 3 N–H and O–H groups in total. The van der Waals surface area contributed by atoms with Gasteiger partial charge in [-0.1, -0.05) is 12.2 Å². The maximum Gasteiger partial charge on any atom is 0.188 e. The second-order valence-corrected chi connectivity index (χ2v) is 3.84. The fourth-order valence-electron chi connectivity index (χ4n) is 1.32. The van der Waals surface area contributed by atoms with Crippen LogP contribution in [0.3, 0.4) is 0 Å². The molecule has 0 spiro atoms. The van der Waals surface area contributed by atoms with Crippen molar-refractivity contribution >= 4 is 23.0 Å². The van der Waals surface area contributed by atoms with Crippen LogP contribution in [-0.4, -0.2) is 21.0 Å². The summed E-state index contributed by atoms with van der Waals surface area (Å²) >= 11 is 4.80. The molecule has 1 fully saturated rings. The topological polar surface area (TPSA) is 63.8 Å². The van der Waals surface area contributed by atoms with E-state index in [0.717, 1.165) is 5.82 Å². The van der Waals surface area contributed by atoms with Crippen molar-refractivity contribution in [2.75, 3.05) is 5.32 Å². The Hall–Kier alpha value is -1.23. The fraction of sp³-hybridized carbons (Fsp3) is 0.444. The molecular formula is C9H12N4S. The van der Waals surface area contributed by atoms with E-state index in [1.165, 1.54) is 19.3 Å². The van der Waals surface area contributed by atoms with Gasteiger partial charge >= 0.3 is 0 Å². The van der Waals surface area contributed by atoms with Gasteiger partial charge in [0.2, 0.25) is 0 Å². The van der Waals surface area contributed by atoms with Crippen LogP contribution in [0.4, 0.5) is 5.82 Å². The van der Waals surface area contributed by atoms with Gasteiger partial charge < -0.3 is 11.1 Å². The number of thiocarbonyl (C=S) groups is 1. The SMILES string of the molecule is NC(=S)c1nccc(NC2CCC2)n1. The quantitative estimate of drug-likeness (QED) is 0.728. The fourth-order valence-corrected chi connectivity index (χ4v) is 1.42. The predicted molar refractivity (Wildman–Crippen MR) is 59.2 cm³/mol. The highest BCUT2D eigenvalue weighted by molar-refractivity contribution is 7.80. The maximum absolute atomic E-state index is 5.44. The van der Waals surface area contributed by atoms with Crippen molar-refractivity contribution < 1.29 is 0 Å². The third-order valence-electron chi connectivity index (χ3n) is 2.33. The van der Waals surface area contributed by atoms with Gasteiger partial charge in [-0.05, 0) is 25.3 Å². The van der Waals surface area contributed by atoms with Crippen molar-refractivity contribution in [2.24, 2.45) is 5.73 Å². The number of hydrogen-bond acceptors (Lipinski definition) is 4. The summed E-state index contributed by atoms with van der Waals surface area (Å²) in [5, 5.41) is 3.31. The van der Waals surface area contributed by atoms with E-state index in [9.17, 15) is 0 Å². The van der Waals surface area contributed by atoms with Crippen LogP contribution in [0.25, 0.3) is 0 Å². The van der Waals surface area contributed by atoms with Crippen LogP contribution in [-0.2, 0) is 0 Å². The van der Waals surface area contributed by atoms with Crippen LogP contribution in [0.2, 0.25) is 0 Å². The highest BCUT2D eigenvalue weighted by Crippen LogP contribution is 2.21. The largest absolute Gasteiger partial charge is 0.387 e. The number of anilines is 1. The van der Waals surface area contributed by atoms with Crippen molar-refractivity contribution in [3.05, 3.63) is 18.1 Å². The Bertz CT molecular complexity index is 348. The summed E-state index contributed by atoms with van der Waals surface area (Å²) in [6, 6.07) is 2.39. The van der Waals surface area contributed by atoms with Crippen molar-refractivity contribution in [3.63, 3.8) is 0 Å². The standard InChI is InChI=1S/C9H12N4S/c10-8(14)9-11-5-4-7(13-9)12-6-2-1-3-6/h4-6H,1-3H2,(H2,10,14)(H,11,12,13). The minimum Gasteiger partial charge on any atom is -0.387 e. The van der Waals surface area contributed by atoms with E-state index in [1.54, 1.807) is 6.20 Å². The lowest BCUT2D eigenvalue weighted by molar-refractivity contribution is 0.444. The first-order chi connectivity index (χ1) is 6.75. The molecule has 1 aromatic heterocycles. The van der Waals surface area contributed by atoms with Crippen LogP contribution < -0.4 is 11.1 Å². The predicted octanol–water partition coefficient (Wildman–Crippen LogP) is 1.08. The average molecular weight is 208 g/mol. The number of nitrogens with one attached hydrogen (secondary N) is 1. The summed E-state index contributed by atoms with van der Waals surface area (Å²) in [6.45, 7) is 0. The molecule has 1 aliphatic carbocycles. The van der Waals surface area contributed by atoms with Gasteiger partial charge in [-0.2, -0.15) is 0 Å². The van der Waals surface area contributed by atoms with E-state index in [1.807, 2.05) is 6.07 Å². The molecule has 0 saturated heterocycles. The van der Waals surface area contributed by atoms with Gasteiger partial charge in [0.25, 0.3) is 0 Å². The molecule has 1 saturated carbocycles. The van der Waals surface area contributed by atoms with Crippen LogP contribution in [0.15, 0.2) is 12.3 Å². The third-order valence-corrected chi connectivity index (χ3v) is 2.52. The first kappa shape index (κ1) is 9.33. The molecular weight excluding hydrogens is 196 g/mol. The molecule has 2 rings (SSSR count). The van der Waals surface area contributed by atoms with Gasteiger partial charge in [-0.3, -0.25) is 0 Å². The average Bonchev–Trinajstić information content (AvgIpc) is 2.12. The molecule has 74 valence electrons. The zero-order chi connectivity index (χ0) is 9.97. The smallest absolute Gasteiger partial charge is 0.188 e. The van der Waals surface area contributed by atoms with Crippen molar-refractivity contribution in [3.8, 4) is 0 Å². The van der Waals surface area contributed by atoms with E-state index in [2.05, 4.69) is 15.3 Å². The Morgan fingerprint density at radius 2 is 2.36 bits per heavy atom. The van der Waals surface area contributed by atoms with Crippen LogP contribution in [0.5, 0.6) is 0 Å². The van der Waals surface area contributed by atoms with Crippen LogP contribution in [0.1, 0.15) is 25.1 Å². The number of nitrogens with zero attached hydrogens (tertiary/aromatic N) is 2. The molecule has 0 aliphatic heterocycles. The Morgan fingerprint density at radius 1 is 1.57 bits per heavy atom. The molecule has 0 amide bonds. The van der Waals surface area contributed by atoms with Gasteiger partial charge in [0.15, 0.2) is 5.82 Å². The molecule has 0 radical (unpaired) electrons. The molecule has 4 nitrogen and oxygen atoms in total. The molecule has 0 unspecified atom stereocenters. The summed E-state index contributed by atoms with van der Waals surface area (Å²) in [4.78, 5) is 8.42. The maximum atomic E-state index is 5.44. The van der Waals surface area contributed by atoms with Gasteiger partial charge in [-0.25, -0.2) is 9.97 Å². The lowest BCUT2D eigenvalue weighted by atomic mass is 9.93. The second kappa shape index (κ2) is 3.88. The molecule has 1 heterocycles. The minimum atomic E-state index is 0.238. The van der Waals surface area contributed by atoms with Gasteiger partial charge in [0, 0.05) is 12.2 Å². The van der Waals surface area contributed by atoms with E-state index >= 15 is 0 Å². The highest BCUT2D eigenvalue weighted by atomic mass is 32.1. The summed E-state index contributed by atoms with van der Waals surface area (Å²) in [5.41, 5.74) is 5.44. The number of nitrogens with two attached hydrogens (primary N) is 1. The minimum absolute atomic E-state index is 0.238.